The molecule has 2 aromatic rings. The lowest BCUT2D eigenvalue weighted by molar-refractivity contribution is -0.209. The van der Waals surface area contributed by atoms with Gasteiger partial charge in [0, 0.05) is 23.1 Å². The number of aliphatic hydroxyl groups is 1. The van der Waals surface area contributed by atoms with E-state index in [1.807, 2.05) is 6.07 Å². The fourth-order valence-corrected chi connectivity index (χ4v) is 7.26. The molecule has 0 spiro atoms. The van der Waals surface area contributed by atoms with Crippen LogP contribution in [0.1, 0.15) is 62.5 Å². The SMILES string of the molecule is Oc1ccc2c(c1)OC1(c3ccccc3)OC3CC(O)CCC3C21C1CCCCC1. The number of aromatic hydroxyl groups is 1. The summed E-state index contributed by atoms with van der Waals surface area (Å²) in [6, 6.07) is 16.0. The van der Waals surface area contributed by atoms with Gasteiger partial charge in [-0.2, -0.15) is 0 Å². The van der Waals surface area contributed by atoms with Gasteiger partial charge in [-0.15, -0.1) is 0 Å². The Hall–Kier alpha value is -2.04. The second-order valence-corrected chi connectivity index (χ2v) is 9.70. The van der Waals surface area contributed by atoms with E-state index >= 15 is 0 Å². The van der Waals surface area contributed by atoms with E-state index in [4.69, 9.17) is 9.47 Å². The van der Waals surface area contributed by atoms with Gasteiger partial charge in [0.2, 0.25) is 5.79 Å². The molecule has 6 rings (SSSR count). The Kier molecular flexibility index (Phi) is 4.20. The summed E-state index contributed by atoms with van der Waals surface area (Å²) in [5.74, 6) is 0.851. The van der Waals surface area contributed by atoms with Crippen LogP contribution in [0.3, 0.4) is 0 Å². The molecule has 0 radical (unpaired) electrons. The van der Waals surface area contributed by atoms with Crippen LogP contribution in [-0.4, -0.2) is 22.4 Å². The Balaban J connectivity index is 1.63. The summed E-state index contributed by atoms with van der Waals surface area (Å²) >= 11 is 0. The zero-order chi connectivity index (χ0) is 20.3. The van der Waals surface area contributed by atoms with Gasteiger partial charge in [-0.25, -0.2) is 0 Å². The lowest BCUT2D eigenvalue weighted by atomic mass is 9.53. The third-order valence-electron chi connectivity index (χ3n) is 8.28. The molecule has 2 aliphatic carbocycles. The summed E-state index contributed by atoms with van der Waals surface area (Å²) in [7, 11) is 0. The highest BCUT2D eigenvalue weighted by Gasteiger charge is 2.75. The van der Waals surface area contributed by atoms with Crippen LogP contribution >= 0.6 is 0 Å². The topological polar surface area (TPSA) is 58.9 Å². The number of aliphatic hydroxyl groups excluding tert-OH is 1. The minimum Gasteiger partial charge on any atom is -0.508 e. The molecule has 2 aromatic carbocycles. The van der Waals surface area contributed by atoms with Gasteiger partial charge in [0.25, 0.3) is 0 Å². The molecule has 2 saturated carbocycles. The molecule has 2 heterocycles. The molecule has 4 heteroatoms. The van der Waals surface area contributed by atoms with Crippen LogP contribution in [0.25, 0.3) is 0 Å². The molecular weight excluding hydrogens is 376 g/mol. The van der Waals surface area contributed by atoms with Gasteiger partial charge in [0.1, 0.15) is 11.5 Å². The summed E-state index contributed by atoms with van der Waals surface area (Å²) < 4.78 is 13.8. The molecule has 2 aliphatic heterocycles. The lowest BCUT2D eigenvalue weighted by Crippen LogP contribution is -2.54. The van der Waals surface area contributed by atoms with Crippen molar-refractivity contribution < 1.29 is 19.7 Å². The van der Waals surface area contributed by atoms with Crippen molar-refractivity contribution in [2.24, 2.45) is 11.8 Å². The zero-order valence-corrected chi connectivity index (χ0v) is 17.3. The van der Waals surface area contributed by atoms with E-state index in [1.54, 1.807) is 12.1 Å². The largest absolute Gasteiger partial charge is 0.508 e. The molecule has 0 amide bonds. The highest BCUT2D eigenvalue weighted by Crippen LogP contribution is 2.70. The van der Waals surface area contributed by atoms with Gasteiger partial charge in [-0.1, -0.05) is 55.7 Å². The van der Waals surface area contributed by atoms with Gasteiger partial charge in [-0.3, -0.25) is 0 Å². The molecular formula is C26H30O4. The summed E-state index contributed by atoms with van der Waals surface area (Å²) in [5, 5.41) is 20.7. The van der Waals surface area contributed by atoms with Crippen molar-refractivity contribution in [2.45, 2.75) is 74.8 Å². The molecule has 2 N–H and O–H groups in total. The Bertz CT molecular complexity index is 937. The maximum atomic E-state index is 10.4. The van der Waals surface area contributed by atoms with Crippen LogP contribution in [0.2, 0.25) is 0 Å². The van der Waals surface area contributed by atoms with E-state index < -0.39 is 5.79 Å². The van der Waals surface area contributed by atoms with Crippen molar-refractivity contribution in [2.75, 3.05) is 0 Å². The van der Waals surface area contributed by atoms with Crippen molar-refractivity contribution in [3.63, 3.8) is 0 Å². The number of phenolic OH excluding ortho intramolecular Hbond substituents is 1. The van der Waals surface area contributed by atoms with Gasteiger partial charge in [0.05, 0.1) is 17.6 Å². The first-order chi connectivity index (χ1) is 14.6. The molecule has 158 valence electrons. The third-order valence-corrected chi connectivity index (χ3v) is 8.28. The number of phenols is 1. The maximum absolute atomic E-state index is 10.4. The fraction of sp³-hybridized carbons (Fsp3) is 0.538. The average molecular weight is 407 g/mol. The van der Waals surface area contributed by atoms with E-state index in [2.05, 4.69) is 30.3 Å². The van der Waals surface area contributed by atoms with Gasteiger partial charge >= 0.3 is 0 Å². The molecule has 1 saturated heterocycles. The molecule has 5 unspecified atom stereocenters. The molecule has 3 fully saturated rings. The van der Waals surface area contributed by atoms with Crippen molar-refractivity contribution in [3.05, 3.63) is 59.7 Å². The first-order valence-corrected chi connectivity index (χ1v) is 11.6. The Morgan fingerprint density at radius 1 is 0.900 bits per heavy atom. The molecule has 4 aliphatic rings. The minimum absolute atomic E-state index is 0.0159. The molecule has 5 atom stereocenters. The monoisotopic (exact) mass is 406 g/mol. The lowest BCUT2D eigenvalue weighted by Gasteiger charge is -2.48. The number of fused-ring (bicyclic) bond motifs is 5. The van der Waals surface area contributed by atoms with Gasteiger partial charge < -0.3 is 19.7 Å². The minimum atomic E-state index is -0.897. The number of ether oxygens (including phenoxy) is 2. The first kappa shape index (κ1) is 18.7. The molecule has 4 nitrogen and oxygen atoms in total. The zero-order valence-electron chi connectivity index (χ0n) is 17.3. The van der Waals surface area contributed by atoms with Gasteiger partial charge in [0.15, 0.2) is 0 Å². The smallest absolute Gasteiger partial charge is 0.248 e. The van der Waals surface area contributed by atoms with E-state index in [-0.39, 0.29) is 23.4 Å². The number of hydrogen-bond acceptors (Lipinski definition) is 4. The highest BCUT2D eigenvalue weighted by molar-refractivity contribution is 5.55. The van der Waals surface area contributed by atoms with Crippen molar-refractivity contribution >= 4 is 0 Å². The predicted octanol–water partition coefficient (Wildman–Crippen LogP) is 5.02. The Morgan fingerprint density at radius 3 is 2.50 bits per heavy atom. The van der Waals surface area contributed by atoms with Crippen LogP contribution in [0.5, 0.6) is 11.5 Å². The second kappa shape index (κ2) is 6.73. The van der Waals surface area contributed by atoms with E-state index in [0.29, 0.717) is 18.3 Å². The summed E-state index contributed by atoms with van der Waals surface area (Å²) in [6.07, 6.45) is 8.24. The Morgan fingerprint density at radius 2 is 1.70 bits per heavy atom. The summed E-state index contributed by atoms with van der Waals surface area (Å²) in [5.41, 5.74) is 1.96. The standard InChI is InChI=1S/C26H30O4/c27-19-11-13-21-23(15-19)29-26(18-9-5-2-6-10-18)25(21,17-7-3-1-4-8-17)22-14-12-20(28)16-24(22)30-26/h2,5-6,9-11,13,15,17,20,22,24,27-28H,1,3-4,7-8,12,14,16H2. The predicted molar refractivity (Wildman–Crippen MR) is 113 cm³/mol. The van der Waals surface area contributed by atoms with Crippen LogP contribution < -0.4 is 4.74 Å². The Labute approximate surface area is 177 Å². The first-order valence-electron chi connectivity index (χ1n) is 11.6. The second-order valence-electron chi connectivity index (χ2n) is 9.70. The van der Waals surface area contributed by atoms with E-state index in [0.717, 1.165) is 24.2 Å². The van der Waals surface area contributed by atoms with Crippen LogP contribution in [0.4, 0.5) is 0 Å². The van der Waals surface area contributed by atoms with Crippen LogP contribution in [-0.2, 0) is 15.9 Å². The highest BCUT2D eigenvalue weighted by atomic mass is 16.7. The fourth-order valence-electron chi connectivity index (χ4n) is 7.26. The van der Waals surface area contributed by atoms with Crippen LogP contribution in [0, 0.1) is 11.8 Å². The summed E-state index contributed by atoms with van der Waals surface area (Å²) in [6.45, 7) is 0. The number of rotatable bonds is 2. The molecule has 0 aromatic heterocycles. The van der Waals surface area contributed by atoms with Crippen molar-refractivity contribution in [1.29, 1.82) is 0 Å². The number of benzene rings is 2. The van der Waals surface area contributed by atoms with Crippen molar-refractivity contribution in [1.82, 2.24) is 0 Å². The average Bonchev–Trinajstić information content (AvgIpc) is 3.21. The van der Waals surface area contributed by atoms with Crippen LogP contribution in [0.15, 0.2) is 48.5 Å². The van der Waals surface area contributed by atoms with E-state index in [1.165, 1.54) is 37.7 Å². The van der Waals surface area contributed by atoms with Crippen molar-refractivity contribution in [3.8, 4) is 11.5 Å². The molecule has 30 heavy (non-hydrogen) atoms. The van der Waals surface area contributed by atoms with Gasteiger partial charge in [-0.05, 0) is 44.1 Å². The maximum Gasteiger partial charge on any atom is 0.248 e. The quantitative estimate of drug-likeness (QED) is 0.736. The normalized spacial score (nSPS) is 37.8. The molecule has 0 bridgehead atoms. The van der Waals surface area contributed by atoms with E-state index in [9.17, 15) is 10.2 Å². The number of hydrogen-bond donors (Lipinski definition) is 2. The third kappa shape index (κ3) is 2.35. The summed E-state index contributed by atoms with van der Waals surface area (Å²) in [4.78, 5) is 0.